The minimum Gasteiger partial charge on any atom is -0.395 e. The van der Waals surface area contributed by atoms with Crippen molar-refractivity contribution in [1.29, 1.82) is 5.26 Å². The van der Waals surface area contributed by atoms with E-state index in [-0.39, 0.29) is 17.2 Å². The van der Waals surface area contributed by atoms with Gasteiger partial charge in [0.15, 0.2) is 0 Å². The molecule has 0 saturated heterocycles. The van der Waals surface area contributed by atoms with Gasteiger partial charge in [0.1, 0.15) is 11.6 Å². The molecule has 2 N–H and O–H groups in total. The molecule has 1 aromatic carbocycles. The van der Waals surface area contributed by atoms with Gasteiger partial charge in [-0.15, -0.1) is 0 Å². The SMILES string of the molecule is CN(/C=C(/C#N)C(=O)Nc1ccc(Cl)cc1Cl)CCO. The van der Waals surface area contributed by atoms with E-state index in [9.17, 15) is 4.79 Å². The van der Waals surface area contributed by atoms with E-state index in [4.69, 9.17) is 33.6 Å². The molecule has 0 aromatic heterocycles. The average Bonchev–Trinajstić information content (AvgIpc) is 2.39. The van der Waals surface area contributed by atoms with Gasteiger partial charge in [-0.05, 0) is 18.2 Å². The maximum atomic E-state index is 11.9. The molecule has 0 heterocycles. The number of carbonyl (C=O) groups is 1. The third-order valence-electron chi connectivity index (χ3n) is 2.35. The van der Waals surface area contributed by atoms with Crippen LogP contribution >= 0.6 is 23.2 Å². The normalized spacial score (nSPS) is 10.8. The molecule has 106 valence electrons. The summed E-state index contributed by atoms with van der Waals surface area (Å²) in [5, 5.41) is 21.0. The summed E-state index contributed by atoms with van der Waals surface area (Å²) in [6.07, 6.45) is 1.36. The highest BCUT2D eigenvalue weighted by Crippen LogP contribution is 2.25. The number of carbonyl (C=O) groups excluding carboxylic acids is 1. The van der Waals surface area contributed by atoms with Crippen LogP contribution in [0, 0.1) is 11.3 Å². The van der Waals surface area contributed by atoms with Crippen LogP contribution in [0.25, 0.3) is 0 Å². The topological polar surface area (TPSA) is 76.4 Å². The Morgan fingerprint density at radius 1 is 1.55 bits per heavy atom. The van der Waals surface area contributed by atoms with Gasteiger partial charge in [-0.25, -0.2) is 0 Å². The summed E-state index contributed by atoms with van der Waals surface area (Å²) >= 11 is 11.7. The Morgan fingerprint density at radius 2 is 2.25 bits per heavy atom. The van der Waals surface area contributed by atoms with Gasteiger partial charge in [0, 0.05) is 24.8 Å². The molecule has 0 aliphatic heterocycles. The van der Waals surface area contributed by atoms with Gasteiger partial charge in [-0.2, -0.15) is 5.26 Å². The highest BCUT2D eigenvalue weighted by molar-refractivity contribution is 6.36. The molecule has 0 unspecified atom stereocenters. The van der Waals surface area contributed by atoms with Crippen molar-refractivity contribution in [1.82, 2.24) is 4.90 Å². The summed E-state index contributed by atoms with van der Waals surface area (Å²) in [5.41, 5.74) is 0.277. The van der Waals surface area contributed by atoms with Crippen molar-refractivity contribution < 1.29 is 9.90 Å². The second kappa shape index (κ2) is 7.75. The molecule has 0 spiro atoms. The molecule has 20 heavy (non-hydrogen) atoms. The van der Waals surface area contributed by atoms with Crippen molar-refractivity contribution in [3.05, 3.63) is 40.0 Å². The van der Waals surface area contributed by atoms with E-state index >= 15 is 0 Å². The zero-order chi connectivity index (χ0) is 15.1. The van der Waals surface area contributed by atoms with Gasteiger partial charge >= 0.3 is 0 Å². The van der Waals surface area contributed by atoms with Crippen LogP contribution in [0.5, 0.6) is 0 Å². The predicted octanol–water partition coefficient (Wildman–Crippen LogP) is 2.26. The smallest absolute Gasteiger partial charge is 0.267 e. The first-order chi connectivity index (χ1) is 9.47. The van der Waals surface area contributed by atoms with Gasteiger partial charge in [0.05, 0.1) is 17.3 Å². The lowest BCUT2D eigenvalue weighted by Gasteiger charge is -2.13. The van der Waals surface area contributed by atoms with E-state index in [1.165, 1.54) is 12.3 Å². The lowest BCUT2D eigenvalue weighted by Crippen LogP contribution is -2.20. The van der Waals surface area contributed by atoms with Gasteiger partial charge in [-0.3, -0.25) is 4.79 Å². The third kappa shape index (κ3) is 4.74. The first-order valence-corrected chi connectivity index (χ1v) is 6.43. The Kier molecular flexibility index (Phi) is 6.32. The maximum absolute atomic E-state index is 11.9. The fraction of sp³-hybridized carbons (Fsp3) is 0.231. The number of aliphatic hydroxyl groups is 1. The number of rotatable bonds is 5. The van der Waals surface area contributed by atoms with Gasteiger partial charge in [-0.1, -0.05) is 23.2 Å². The molecule has 0 atom stereocenters. The minimum absolute atomic E-state index is 0.0731. The fourth-order valence-corrected chi connectivity index (χ4v) is 1.82. The number of nitriles is 1. The maximum Gasteiger partial charge on any atom is 0.267 e. The zero-order valence-electron chi connectivity index (χ0n) is 10.7. The third-order valence-corrected chi connectivity index (χ3v) is 2.89. The lowest BCUT2D eigenvalue weighted by molar-refractivity contribution is -0.112. The molecular formula is C13H13Cl2N3O2. The summed E-state index contributed by atoms with van der Waals surface area (Å²) in [6.45, 7) is 0.247. The Balaban J connectivity index is 2.85. The number of likely N-dealkylation sites (N-methyl/N-ethyl adjacent to an activating group) is 1. The van der Waals surface area contributed by atoms with Crippen LogP contribution in [-0.4, -0.2) is 36.1 Å². The fourth-order valence-electron chi connectivity index (χ4n) is 1.36. The van der Waals surface area contributed by atoms with E-state index < -0.39 is 5.91 Å². The number of hydrogen-bond acceptors (Lipinski definition) is 4. The van der Waals surface area contributed by atoms with Crippen LogP contribution in [0.15, 0.2) is 30.0 Å². The first-order valence-electron chi connectivity index (χ1n) is 5.67. The van der Waals surface area contributed by atoms with E-state index in [1.54, 1.807) is 30.1 Å². The molecule has 1 amide bonds. The van der Waals surface area contributed by atoms with Crippen molar-refractivity contribution in [3.8, 4) is 6.07 Å². The largest absolute Gasteiger partial charge is 0.395 e. The van der Waals surface area contributed by atoms with Crippen molar-refractivity contribution in [2.75, 3.05) is 25.5 Å². The molecule has 0 radical (unpaired) electrons. The molecule has 0 aliphatic rings. The summed E-state index contributed by atoms with van der Waals surface area (Å²) in [7, 11) is 1.65. The standard InChI is InChI=1S/C13H13Cl2N3O2/c1-18(4-5-19)8-9(7-16)13(20)17-12-3-2-10(14)6-11(12)15/h2-3,6,8,19H,4-5H2,1H3,(H,17,20)/b9-8-. The number of halogens is 2. The number of benzene rings is 1. The van der Waals surface area contributed by atoms with Crippen LogP contribution in [0.2, 0.25) is 10.0 Å². The van der Waals surface area contributed by atoms with E-state index in [1.807, 2.05) is 0 Å². The number of nitrogens with one attached hydrogen (secondary N) is 1. The van der Waals surface area contributed by atoms with Gasteiger partial charge in [0.25, 0.3) is 5.91 Å². The first kappa shape index (κ1) is 16.3. The van der Waals surface area contributed by atoms with Gasteiger partial charge in [0.2, 0.25) is 0 Å². The highest BCUT2D eigenvalue weighted by atomic mass is 35.5. The monoisotopic (exact) mass is 313 g/mol. The molecule has 7 heteroatoms. The zero-order valence-corrected chi connectivity index (χ0v) is 12.2. The number of nitrogens with zero attached hydrogens (tertiary/aromatic N) is 2. The van der Waals surface area contributed by atoms with Crippen LogP contribution in [0.4, 0.5) is 5.69 Å². The van der Waals surface area contributed by atoms with Crippen molar-refractivity contribution in [2.24, 2.45) is 0 Å². The number of amides is 1. The second-order valence-electron chi connectivity index (χ2n) is 3.94. The molecule has 0 bridgehead atoms. The van der Waals surface area contributed by atoms with Crippen LogP contribution in [-0.2, 0) is 4.79 Å². The summed E-state index contributed by atoms with van der Waals surface area (Å²) < 4.78 is 0. The summed E-state index contributed by atoms with van der Waals surface area (Å²) in [6, 6.07) is 6.42. The average molecular weight is 314 g/mol. The van der Waals surface area contributed by atoms with E-state index in [2.05, 4.69) is 5.32 Å². The molecule has 0 saturated carbocycles. The molecule has 0 aliphatic carbocycles. The number of anilines is 1. The summed E-state index contributed by atoms with van der Waals surface area (Å²) in [5.74, 6) is -0.582. The van der Waals surface area contributed by atoms with E-state index in [0.29, 0.717) is 17.3 Å². The number of aliphatic hydroxyl groups excluding tert-OH is 1. The molecule has 1 aromatic rings. The molecule has 0 fully saturated rings. The van der Waals surface area contributed by atoms with Crippen LogP contribution in [0.3, 0.4) is 0 Å². The predicted molar refractivity (Wildman–Crippen MR) is 78.5 cm³/mol. The quantitative estimate of drug-likeness (QED) is 0.646. The molecule has 1 rings (SSSR count). The van der Waals surface area contributed by atoms with Crippen LogP contribution < -0.4 is 5.32 Å². The Morgan fingerprint density at radius 3 is 2.80 bits per heavy atom. The highest BCUT2D eigenvalue weighted by Gasteiger charge is 2.12. The van der Waals surface area contributed by atoms with E-state index in [0.717, 1.165) is 0 Å². The Bertz CT molecular complexity index is 567. The van der Waals surface area contributed by atoms with Crippen molar-refractivity contribution in [3.63, 3.8) is 0 Å². The van der Waals surface area contributed by atoms with Crippen molar-refractivity contribution >= 4 is 34.8 Å². The molecular weight excluding hydrogens is 301 g/mol. The number of hydrogen-bond donors (Lipinski definition) is 2. The van der Waals surface area contributed by atoms with Gasteiger partial charge < -0.3 is 15.3 Å². The lowest BCUT2D eigenvalue weighted by atomic mass is 10.2. The molecule has 5 nitrogen and oxygen atoms in total. The Hall–Kier alpha value is -1.74. The second-order valence-corrected chi connectivity index (χ2v) is 4.78. The minimum atomic E-state index is -0.582. The van der Waals surface area contributed by atoms with Crippen molar-refractivity contribution in [2.45, 2.75) is 0 Å². The Labute approximate surface area is 127 Å². The van der Waals surface area contributed by atoms with Crippen LogP contribution in [0.1, 0.15) is 0 Å². The summed E-state index contributed by atoms with van der Waals surface area (Å²) in [4.78, 5) is 13.5.